The second-order valence-electron chi connectivity index (χ2n) is 4.37. The van der Waals surface area contributed by atoms with E-state index in [0.717, 1.165) is 18.4 Å². The summed E-state index contributed by atoms with van der Waals surface area (Å²) < 4.78 is 10.4. The van der Waals surface area contributed by atoms with Crippen molar-refractivity contribution in [1.82, 2.24) is 10.1 Å². The smallest absolute Gasteiger partial charge is 0.310 e. The molecule has 0 atom stereocenters. The molecule has 106 valence electrons. The lowest BCUT2D eigenvalue weighted by atomic mass is 10.2. The normalized spacial score (nSPS) is 10.5. The van der Waals surface area contributed by atoms with Crippen molar-refractivity contribution in [2.45, 2.75) is 33.3 Å². The van der Waals surface area contributed by atoms with Gasteiger partial charge in [0.2, 0.25) is 0 Å². The molecule has 2 aromatic rings. The molecule has 0 aliphatic carbocycles. The van der Waals surface area contributed by atoms with E-state index >= 15 is 0 Å². The third kappa shape index (κ3) is 3.31. The molecule has 1 heterocycles. The summed E-state index contributed by atoms with van der Waals surface area (Å²) in [5.41, 5.74) is 0.798. The number of nitrogens with zero attached hydrogens (tertiary/aromatic N) is 3. The predicted molar refractivity (Wildman–Crippen MR) is 70.5 cm³/mol. The fraction of sp³-hybridized carbons (Fsp3) is 0.385. The molecule has 1 aromatic heterocycles. The molecule has 0 saturated heterocycles. The molecule has 0 aliphatic heterocycles. The van der Waals surface area contributed by atoms with Gasteiger partial charge < -0.3 is 9.26 Å². The highest BCUT2D eigenvalue weighted by atomic mass is 16.6. The van der Waals surface area contributed by atoms with Crippen molar-refractivity contribution in [1.29, 1.82) is 0 Å². The highest BCUT2D eigenvalue weighted by Gasteiger charge is 2.16. The van der Waals surface area contributed by atoms with Crippen molar-refractivity contribution in [3.63, 3.8) is 0 Å². The standard InChI is InChI=1S/C13H15N3O4/c1-3-4-12-14-13(20-15-12)8-19-11-7-9(2)5-6-10(11)16(17)18/h5-7H,3-4,8H2,1-2H3. The van der Waals surface area contributed by atoms with Crippen LogP contribution >= 0.6 is 0 Å². The second-order valence-corrected chi connectivity index (χ2v) is 4.37. The van der Waals surface area contributed by atoms with E-state index in [4.69, 9.17) is 9.26 Å². The lowest BCUT2D eigenvalue weighted by molar-refractivity contribution is -0.386. The van der Waals surface area contributed by atoms with Crippen LogP contribution in [0, 0.1) is 17.0 Å². The number of nitro groups is 1. The summed E-state index contributed by atoms with van der Waals surface area (Å²) >= 11 is 0. The van der Waals surface area contributed by atoms with Crippen LogP contribution in [0.4, 0.5) is 5.69 Å². The van der Waals surface area contributed by atoms with E-state index < -0.39 is 4.92 Å². The zero-order valence-electron chi connectivity index (χ0n) is 11.3. The van der Waals surface area contributed by atoms with Crippen LogP contribution in [-0.4, -0.2) is 15.1 Å². The zero-order chi connectivity index (χ0) is 14.5. The van der Waals surface area contributed by atoms with E-state index in [9.17, 15) is 10.1 Å². The molecule has 7 heteroatoms. The van der Waals surface area contributed by atoms with Crippen LogP contribution in [0.2, 0.25) is 0 Å². The van der Waals surface area contributed by atoms with Gasteiger partial charge in [-0.1, -0.05) is 18.1 Å². The molecule has 2 rings (SSSR count). The molecule has 7 nitrogen and oxygen atoms in total. The van der Waals surface area contributed by atoms with Gasteiger partial charge in [0.25, 0.3) is 5.89 Å². The van der Waals surface area contributed by atoms with Gasteiger partial charge in [0.1, 0.15) is 0 Å². The maximum Gasteiger partial charge on any atom is 0.310 e. The monoisotopic (exact) mass is 277 g/mol. The Balaban J connectivity index is 2.09. The van der Waals surface area contributed by atoms with Gasteiger partial charge in [0.05, 0.1) is 4.92 Å². The fourth-order valence-electron chi connectivity index (χ4n) is 1.70. The molecule has 20 heavy (non-hydrogen) atoms. The largest absolute Gasteiger partial charge is 0.477 e. The summed E-state index contributed by atoms with van der Waals surface area (Å²) in [5, 5.41) is 14.7. The number of hydrogen-bond acceptors (Lipinski definition) is 6. The van der Waals surface area contributed by atoms with Gasteiger partial charge in [0, 0.05) is 12.5 Å². The van der Waals surface area contributed by atoms with E-state index in [1.54, 1.807) is 12.1 Å². The summed E-state index contributed by atoms with van der Waals surface area (Å²) in [5.74, 6) is 1.12. The quantitative estimate of drug-likeness (QED) is 0.595. The molecule has 0 saturated carbocycles. The average Bonchev–Trinajstić information content (AvgIpc) is 2.84. The van der Waals surface area contributed by atoms with E-state index in [0.29, 0.717) is 11.7 Å². The SMILES string of the molecule is CCCc1noc(COc2cc(C)ccc2[N+](=O)[O-])n1. The maximum atomic E-state index is 10.9. The van der Waals surface area contributed by atoms with Crippen molar-refractivity contribution in [3.8, 4) is 5.75 Å². The van der Waals surface area contributed by atoms with Crippen LogP contribution in [0.5, 0.6) is 5.75 Å². The molecule has 0 N–H and O–H groups in total. The third-order valence-corrected chi connectivity index (χ3v) is 2.65. The van der Waals surface area contributed by atoms with Gasteiger partial charge in [-0.25, -0.2) is 0 Å². The molecular weight excluding hydrogens is 262 g/mol. The van der Waals surface area contributed by atoms with Crippen molar-refractivity contribution >= 4 is 5.69 Å². The van der Waals surface area contributed by atoms with Gasteiger partial charge in [-0.15, -0.1) is 0 Å². The average molecular weight is 277 g/mol. The fourth-order valence-corrected chi connectivity index (χ4v) is 1.70. The minimum Gasteiger partial charge on any atom is -0.477 e. The lowest BCUT2D eigenvalue weighted by Crippen LogP contribution is -2.00. The van der Waals surface area contributed by atoms with Crippen LogP contribution < -0.4 is 4.74 Å². The van der Waals surface area contributed by atoms with E-state index in [2.05, 4.69) is 10.1 Å². The number of hydrogen-bond donors (Lipinski definition) is 0. The van der Waals surface area contributed by atoms with Crippen LogP contribution in [-0.2, 0) is 13.0 Å². The first kappa shape index (κ1) is 14.0. The van der Waals surface area contributed by atoms with Crippen LogP contribution in [0.25, 0.3) is 0 Å². The Hall–Kier alpha value is -2.44. The molecule has 0 radical (unpaired) electrons. The number of aryl methyl sites for hydroxylation is 2. The Morgan fingerprint density at radius 3 is 2.95 bits per heavy atom. The molecule has 1 aromatic carbocycles. The Kier molecular flexibility index (Phi) is 4.29. The molecular formula is C13H15N3O4. The molecule has 0 fully saturated rings. The van der Waals surface area contributed by atoms with Gasteiger partial charge in [-0.2, -0.15) is 4.98 Å². The van der Waals surface area contributed by atoms with Crippen molar-refractivity contribution < 1.29 is 14.2 Å². The Bertz CT molecular complexity index is 609. The topological polar surface area (TPSA) is 91.3 Å². The number of benzene rings is 1. The number of aromatic nitrogens is 2. The summed E-state index contributed by atoms with van der Waals surface area (Å²) in [6.07, 6.45) is 1.65. The Morgan fingerprint density at radius 1 is 1.45 bits per heavy atom. The lowest BCUT2D eigenvalue weighted by Gasteiger charge is -2.04. The van der Waals surface area contributed by atoms with Crippen molar-refractivity contribution in [2.75, 3.05) is 0 Å². The zero-order valence-corrected chi connectivity index (χ0v) is 11.3. The summed E-state index contributed by atoms with van der Waals surface area (Å²) in [6, 6.07) is 4.69. The minimum absolute atomic E-state index is 0.0149. The number of ether oxygens (including phenoxy) is 1. The number of nitro benzene ring substituents is 1. The maximum absolute atomic E-state index is 10.9. The second kappa shape index (κ2) is 6.14. The first-order valence-electron chi connectivity index (χ1n) is 6.29. The van der Waals surface area contributed by atoms with Gasteiger partial charge >= 0.3 is 5.69 Å². The Morgan fingerprint density at radius 2 is 2.25 bits per heavy atom. The first-order valence-corrected chi connectivity index (χ1v) is 6.29. The van der Waals surface area contributed by atoms with Crippen LogP contribution in [0.3, 0.4) is 0 Å². The van der Waals surface area contributed by atoms with Crippen molar-refractivity contribution in [3.05, 3.63) is 45.6 Å². The highest BCUT2D eigenvalue weighted by Crippen LogP contribution is 2.28. The van der Waals surface area contributed by atoms with E-state index in [1.807, 2.05) is 13.8 Å². The van der Waals surface area contributed by atoms with Gasteiger partial charge in [0.15, 0.2) is 18.2 Å². The van der Waals surface area contributed by atoms with Gasteiger partial charge in [-0.05, 0) is 25.0 Å². The van der Waals surface area contributed by atoms with Gasteiger partial charge in [-0.3, -0.25) is 10.1 Å². The van der Waals surface area contributed by atoms with Crippen molar-refractivity contribution in [2.24, 2.45) is 0 Å². The first-order chi connectivity index (χ1) is 9.60. The van der Waals surface area contributed by atoms with Crippen LogP contribution in [0.15, 0.2) is 22.7 Å². The summed E-state index contributed by atoms with van der Waals surface area (Å²) in [4.78, 5) is 14.6. The Labute approximate surface area is 115 Å². The van der Waals surface area contributed by atoms with Crippen LogP contribution in [0.1, 0.15) is 30.6 Å². The summed E-state index contributed by atoms with van der Waals surface area (Å²) in [7, 11) is 0. The molecule has 0 unspecified atom stereocenters. The number of rotatable bonds is 6. The molecule has 0 spiro atoms. The minimum atomic E-state index is -0.481. The molecule has 0 bridgehead atoms. The third-order valence-electron chi connectivity index (χ3n) is 2.65. The predicted octanol–water partition coefficient (Wildman–Crippen LogP) is 2.82. The molecule has 0 aliphatic rings. The van der Waals surface area contributed by atoms with E-state index in [1.165, 1.54) is 6.07 Å². The molecule has 0 amide bonds. The highest BCUT2D eigenvalue weighted by molar-refractivity contribution is 5.48. The van der Waals surface area contributed by atoms with E-state index in [-0.39, 0.29) is 18.0 Å². The summed E-state index contributed by atoms with van der Waals surface area (Å²) in [6.45, 7) is 3.87.